The smallest absolute Gasteiger partial charge is 0.147 e. The number of halogens is 1. The maximum absolute atomic E-state index is 13.7. The lowest BCUT2D eigenvalue weighted by Crippen LogP contribution is -2.28. The molecule has 1 aliphatic heterocycles. The second-order valence-corrected chi connectivity index (χ2v) is 6.41. The van der Waals surface area contributed by atoms with Crippen molar-refractivity contribution < 1.29 is 4.39 Å². The van der Waals surface area contributed by atoms with Gasteiger partial charge in [0.15, 0.2) is 0 Å². The number of nitrogens with one attached hydrogen (secondary N) is 1. The van der Waals surface area contributed by atoms with Crippen molar-refractivity contribution in [2.45, 2.75) is 6.42 Å². The van der Waals surface area contributed by atoms with Crippen LogP contribution in [-0.4, -0.2) is 29.5 Å². The lowest BCUT2D eigenvalue weighted by molar-refractivity contribution is 0.335. The number of rotatable bonds is 4. The summed E-state index contributed by atoms with van der Waals surface area (Å²) in [5.74, 6) is -0.202. The molecule has 2 nitrogen and oxygen atoms in total. The summed E-state index contributed by atoms with van der Waals surface area (Å²) >= 11 is 0. The summed E-state index contributed by atoms with van der Waals surface area (Å²) in [5.41, 5.74) is 4.40. The van der Waals surface area contributed by atoms with Crippen LogP contribution in [0.4, 0.5) is 4.39 Å². The first-order valence-corrected chi connectivity index (χ1v) is 8.70. The molecule has 1 aromatic heterocycles. The molecule has 3 aromatic rings. The summed E-state index contributed by atoms with van der Waals surface area (Å²) in [5, 5.41) is 0.932. The largest absolute Gasteiger partial charge is 0.359 e. The van der Waals surface area contributed by atoms with E-state index in [0.717, 1.165) is 37.0 Å². The van der Waals surface area contributed by atoms with Crippen LogP contribution in [-0.2, 0) is 0 Å². The Balaban J connectivity index is 1.41. The van der Waals surface area contributed by atoms with Crippen molar-refractivity contribution in [1.29, 1.82) is 0 Å². The van der Waals surface area contributed by atoms with Gasteiger partial charge in [0.2, 0.25) is 0 Å². The van der Waals surface area contributed by atoms with Gasteiger partial charge in [-0.15, -0.1) is 0 Å². The van der Waals surface area contributed by atoms with E-state index < -0.39 is 0 Å². The summed E-state index contributed by atoms with van der Waals surface area (Å²) in [6.07, 6.45) is 9.45. The molecule has 0 bridgehead atoms. The van der Waals surface area contributed by atoms with Crippen molar-refractivity contribution in [2.75, 3.05) is 19.6 Å². The normalized spacial score (nSPS) is 15.8. The Morgan fingerprint density at radius 1 is 1.08 bits per heavy atom. The molecule has 126 valence electrons. The molecule has 1 N–H and O–H groups in total. The van der Waals surface area contributed by atoms with E-state index in [-0.39, 0.29) is 5.82 Å². The third-order valence-electron chi connectivity index (χ3n) is 4.80. The molecule has 2 aromatic carbocycles. The fourth-order valence-electron chi connectivity index (χ4n) is 3.41. The van der Waals surface area contributed by atoms with Gasteiger partial charge >= 0.3 is 0 Å². The highest BCUT2D eigenvalue weighted by molar-refractivity contribution is 5.88. The predicted molar refractivity (Wildman–Crippen MR) is 103 cm³/mol. The molecule has 4 rings (SSSR count). The molecule has 0 spiro atoms. The van der Waals surface area contributed by atoms with E-state index in [1.807, 2.05) is 12.1 Å². The van der Waals surface area contributed by atoms with Crippen LogP contribution in [0, 0.1) is 5.82 Å². The number of hydrogen-bond donors (Lipinski definition) is 1. The molecule has 0 fully saturated rings. The standard InChI is InChI=1S/C22H21FN2/c23-21-9-8-19(20-10-13-24-22(20)21)7-4-14-25-15-11-18(12-16-25)17-5-2-1-3-6-17/h1-11,13,24H,12,14-16H2. The molecule has 3 heteroatoms. The molecule has 0 radical (unpaired) electrons. The molecule has 0 atom stereocenters. The number of hydrogen-bond acceptors (Lipinski definition) is 1. The quantitative estimate of drug-likeness (QED) is 0.703. The van der Waals surface area contributed by atoms with Crippen molar-refractivity contribution in [3.8, 4) is 0 Å². The van der Waals surface area contributed by atoms with Crippen molar-refractivity contribution in [1.82, 2.24) is 9.88 Å². The Hall–Kier alpha value is -2.65. The van der Waals surface area contributed by atoms with Gasteiger partial charge in [-0.25, -0.2) is 4.39 Å². The Morgan fingerprint density at radius 3 is 2.76 bits per heavy atom. The van der Waals surface area contributed by atoms with Gasteiger partial charge in [-0.1, -0.05) is 54.6 Å². The van der Waals surface area contributed by atoms with Crippen LogP contribution < -0.4 is 0 Å². The highest BCUT2D eigenvalue weighted by atomic mass is 19.1. The van der Waals surface area contributed by atoms with E-state index in [9.17, 15) is 4.39 Å². The molecule has 1 aliphatic rings. The highest BCUT2D eigenvalue weighted by Gasteiger charge is 2.11. The number of aromatic amines is 1. The van der Waals surface area contributed by atoms with Gasteiger partial charge in [0.1, 0.15) is 5.82 Å². The van der Waals surface area contributed by atoms with Crippen LogP contribution >= 0.6 is 0 Å². The molecule has 0 amide bonds. The summed E-state index contributed by atoms with van der Waals surface area (Å²) in [6, 6.07) is 15.9. The van der Waals surface area contributed by atoms with Gasteiger partial charge < -0.3 is 4.98 Å². The monoisotopic (exact) mass is 332 g/mol. The lowest BCUT2D eigenvalue weighted by Gasteiger charge is -2.25. The first kappa shape index (κ1) is 15.9. The summed E-state index contributed by atoms with van der Waals surface area (Å²) in [7, 11) is 0. The van der Waals surface area contributed by atoms with Crippen molar-refractivity contribution in [3.05, 3.63) is 83.8 Å². The number of aromatic nitrogens is 1. The maximum atomic E-state index is 13.7. The molecular formula is C22H21FN2. The minimum absolute atomic E-state index is 0.202. The van der Waals surface area contributed by atoms with Crippen molar-refractivity contribution in [3.63, 3.8) is 0 Å². The summed E-state index contributed by atoms with van der Waals surface area (Å²) in [4.78, 5) is 5.38. The average Bonchev–Trinajstić information content (AvgIpc) is 3.16. The van der Waals surface area contributed by atoms with Crippen LogP contribution in [0.3, 0.4) is 0 Å². The van der Waals surface area contributed by atoms with Crippen LogP contribution in [0.2, 0.25) is 0 Å². The molecule has 0 unspecified atom stereocenters. The van der Waals surface area contributed by atoms with E-state index in [0.29, 0.717) is 5.52 Å². The predicted octanol–water partition coefficient (Wildman–Crippen LogP) is 5.11. The maximum Gasteiger partial charge on any atom is 0.147 e. The molecule has 0 aliphatic carbocycles. The van der Waals surface area contributed by atoms with Crippen molar-refractivity contribution >= 4 is 22.6 Å². The third kappa shape index (κ3) is 3.42. The van der Waals surface area contributed by atoms with Crippen LogP contribution in [0.25, 0.3) is 22.6 Å². The van der Waals surface area contributed by atoms with E-state index in [4.69, 9.17) is 0 Å². The molecule has 2 heterocycles. The Bertz CT molecular complexity index is 922. The Labute approximate surface area is 147 Å². The second kappa shape index (κ2) is 7.08. The minimum atomic E-state index is -0.202. The Morgan fingerprint density at radius 2 is 1.96 bits per heavy atom. The first-order chi connectivity index (χ1) is 12.3. The second-order valence-electron chi connectivity index (χ2n) is 6.41. The number of nitrogens with zero attached hydrogens (tertiary/aromatic N) is 1. The zero-order valence-electron chi connectivity index (χ0n) is 14.1. The molecule has 25 heavy (non-hydrogen) atoms. The van der Waals surface area contributed by atoms with E-state index in [1.54, 1.807) is 6.20 Å². The van der Waals surface area contributed by atoms with E-state index >= 15 is 0 Å². The zero-order valence-corrected chi connectivity index (χ0v) is 14.1. The van der Waals surface area contributed by atoms with Gasteiger partial charge in [0, 0.05) is 31.2 Å². The number of fused-ring (bicyclic) bond motifs is 1. The van der Waals surface area contributed by atoms with Crippen LogP contribution in [0.1, 0.15) is 17.5 Å². The molecule has 0 saturated heterocycles. The molecule has 0 saturated carbocycles. The topological polar surface area (TPSA) is 19.0 Å². The fourth-order valence-corrected chi connectivity index (χ4v) is 3.41. The molecular weight excluding hydrogens is 311 g/mol. The highest BCUT2D eigenvalue weighted by Crippen LogP contribution is 2.23. The van der Waals surface area contributed by atoms with Gasteiger partial charge in [-0.3, -0.25) is 4.90 Å². The van der Waals surface area contributed by atoms with Gasteiger partial charge in [0.25, 0.3) is 0 Å². The fraction of sp³-hybridized carbons (Fsp3) is 0.182. The van der Waals surface area contributed by atoms with E-state index in [2.05, 4.69) is 58.4 Å². The van der Waals surface area contributed by atoms with Gasteiger partial charge in [-0.2, -0.15) is 0 Å². The zero-order chi connectivity index (χ0) is 17.1. The van der Waals surface area contributed by atoms with Gasteiger partial charge in [0.05, 0.1) is 5.52 Å². The average molecular weight is 332 g/mol. The third-order valence-corrected chi connectivity index (χ3v) is 4.80. The Kier molecular flexibility index (Phi) is 4.49. The van der Waals surface area contributed by atoms with Gasteiger partial charge in [-0.05, 0) is 35.3 Å². The summed E-state index contributed by atoms with van der Waals surface area (Å²) < 4.78 is 13.7. The minimum Gasteiger partial charge on any atom is -0.359 e. The van der Waals surface area contributed by atoms with Crippen LogP contribution in [0.5, 0.6) is 0 Å². The van der Waals surface area contributed by atoms with Crippen LogP contribution in [0.15, 0.2) is 66.9 Å². The summed E-state index contributed by atoms with van der Waals surface area (Å²) in [6.45, 7) is 2.94. The lowest BCUT2D eigenvalue weighted by atomic mass is 9.99. The number of benzene rings is 2. The first-order valence-electron chi connectivity index (χ1n) is 8.70. The van der Waals surface area contributed by atoms with E-state index in [1.165, 1.54) is 17.2 Å². The van der Waals surface area contributed by atoms with Crippen molar-refractivity contribution in [2.24, 2.45) is 0 Å². The SMILES string of the molecule is Fc1ccc(C=CCN2CC=C(c3ccccc3)CC2)c2cc[nH]c12. The number of H-pyrrole nitrogens is 1.